The van der Waals surface area contributed by atoms with Gasteiger partial charge < -0.3 is 9.47 Å². The molecule has 2 aromatic heterocycles. The molecule has 2 heterocycles. The lowest BCUT2D eigenvalue weighted by atomic mass is 10.2. The van der Waals surface area contributed by atoms with Crippen LogP contribution in [0, 0.1) is 0 Å². The van der Waals surface area contributed by atoms with Crippen molar-refractivity contribution in [2.45, 2.75) is 26.9 Å². The van der Waals surface area contributed by atoms with E-state index in [1.807, 2.05) is 33.9 Å². The highest BCUT2D eigenvalue weighted by Gasteiger charge is 2.12. The third-order valence-corrected chi connectivity index (χ3v) is 3.42. The van der Waals surface area contributed by atoms with Crippen molar-refractivity contribution >= 4 is 11.9 Å². The molecule has 2 rings (SSSR count). The van der Waals surface area contributed by atoms with Crippen LogP contribution in [-0.4, -0.2) is 25.2 Å². The van der Waals surface area contributed by atoms with E-state index in [2.05, 4.69) is 0 Å². The van der Waals surface area contributed by atoms with Crippen LogP contribution in [0.2, 0.25) is 0 Å². The molecular weight excluding hydrogens is 308 g/mol. The molecule has 0 saturated carbocycles. The van der Waals surface area contributed by atoms with Crippen molar-refractivity contribution in [3.8, 4) is 0 Å². The van der Waals surface area contributed by atoms with E-state index in [-0.39, 0.29) is 11.9 Å². The smallest absolute Gasteiger partial charge is 0.338 e. The van der Waals surface area contributed by atoms with Crippen molar-refractivity contribution in [1.29, 1.82) is 0 Å². The van der Waals surface area contributed by atoms with Crippen LogP contribution in [-0.2, 0) is 22.6 Å². The lowest BCUT2D eigenvalue weighted by Crippen LogP contribution is -2.44. The third kappa shape index (κ3) is 4.87. The summed E-state index contributed by atoms with van der Waals surface area (Å²) in [5.41, 5.74) is 1.08. The number of hydrogen-bond acceptors (Lipinski definition) is 4. The third-order valence-electron chi connectivity index (χ3n) is 3.42. The predicted octanol–water partition coefficient (Wildman–Crippen LogP) is 1.32. The number of carbonyl (C=O) groups excluding carboxylic acids is 2. The SMILES string of the molecule is CCOC(=O)c1cc[n+](CC[n+]2ccc(C(=O)OCC)cc2)cc1. The van der Waals surface area contributed by atoms with Crippen molar-refractivity contribution in [2.75, 3.05) is 13.2 Å². The summed E-state index contributed by atoms with van der Waals surface area (Å²) in [6.45, 7) is 5.79. The number of aromatic nitrogens is 2. The van der Waals surface area contributed by atoms with Crippen LogP contribution in [0.3, 0.4) is 0 Å². The molecule has 0 N–H and O–H groups in total. The van der Waals surface area contributed by atoms with Crippen LogP contribution in [0.15, 0.2) is 49.1 Å². The van der Waals surface area contributed by atoms with E-state index < -0.39 is 0 Å². The number of hydrogen-bond donors (Lipinski definition) is 0. The molecule has 2 aromatic rings. The quantitative estimate of drug-likeness (QED) is 0.567. The summed E-state index contributed by atoms with van der Waals surface area (Å²) in [6.07, 6.45) is 7.39. The number of ether oxygens (including phenoxy) is 2. The number of carbonyl (C=O) groups is 2. The largest absolute Gasteiger partial charge is 0.462 e. The van der Waals surface area contributed by atoms with Crippen LogP contribution >= 0.6 is 0 Å². The van der Waals surface area contributed by atoms with Crippen molar-refractivity contribution in [2.24, 2.45) is 0 Å². The van der Waals surface area contributed by atoms with Gasteiger partial charge in [0.2, 0.25) is 13.1 Å². The zero-order chi connectivity index (χ0) is 17.4. The van der Waals surface area contributed by atoms with Crippen LogP contribution in [0.4, 0.5) is 0 Å². The van der Waals surface area contributed by atoms with Gasteiger partial charge in [-0.2, -0.15) is 9.13 Å². The van der Waals surface area contributed by atoms with Crippen LogP contribution < -0.4 is 9.13 Å². The Morgan fingerprint density at radius 1 is 0.750 bits per heavy atom. The minimum Gasteiger partial charge on any atom is -0.462 e. The highest BCUT2D eigenvalue weighted by Crippen LogP contribution is 1.99. The van der Waals surface area contributed by atoms with Gasteiger partial charge in [0.05, 0.1) is 24.3 Å². The van der Waals surface area contributed by atoms with Gasteiger partial charge in [0.15, 0.2) is 24.8 Å². The molecule has 0 aliphatic heterocycles. The van der Waals surface area contributed by atoms with Gasteiger partial charge in [-0.1, -0.05) is 0 Å². The number of pyridine rings is 2. The molecule has 0 radical (unpaired) electrons. The number of aryl methyl sites for hydroxylation is 2. The molecule has 0 fully saturated rings. The Kier molecular flexibility index (Phi) is 6.42. The number of nitrogens with zero attached hydrogens (tertiary/aromatic N) is 2. The van der Waals surface area contributed by atoms with E-state index in [9.17, 15) is 9.59 Å². The summed E-state index contributed by atoms with van der Waals surface area (Å²) in [7, 11) is 0. The first-order valence-electron chi connectivity index (χ1n) is 7.96. The second kappa shape index (κ2) is 8.76. The predicted molar refractivity (Wildman–Crippen MR) is 85.2 cm³/mol. The fraction of sp³-hybridized carbons (Fsp3) is 0.333. The fourth-order valence-electron chi connectivity index (χ4n) is 2.14. The van der Waals surface area contributed by atoms with E-state index in [0.29, 0.717) is 24.3 Å². The van der Waals surface area contributed by atoms with Gasteiger partial charge in [0.25, 0.3) is 0 Å². The zero-order valence-corrected chi connectivity index (χ0v) is 14.0. The first-order chi connectivity index (χ1) is 11.6. The van der Waals surface area contributed by atoms with Gasteiger partial charge in [0, 0.05) is 24.3 Å². The van der Waals surface area contributed by atoms with Crippen molar-refractivity contribution < 1.29 is 28.2 Å². The van der Waals surface area contributed by atoms with Crippen molar-refractivity contribution in [3.05, 3.63) is 60.2 Å². The molecule has 24 heavy (non-hydrogen) atoms. The van der Waals surface area contributed by atoms with Gasteiger partial charge in [-0.3, -0.25) is 0 Å². The highest BCUT2D eigenvalue weighted by atomic mass is 16.5. The molecule has 0 spiro atoms. The molecule has 0 saturated heterocycles. The molecule has 0 bridgehead atoms. The number of rotatable bonds is 7. The first-order valence-corrected chi connectivity index (χ1v) is 7.96. The summed E-state index contributed by atoms with van der Waals surface area (Å²) in [5.74, 6) is -0.623. The van der Waals surface area contributed by atoms with E-state index in [4.69, 9.17) is 9.47 Å². The maximum Gasteiger partial charge on any atom is 0.338 e. The van der Waals surface area contributed by atoms with Gasteiger partial charge in [-0.25, -0.2) is 9.59 Å². The van der Waals surface area contributed by atoms with E-state index >= 15 is 0 Å². The molecule has 6 heteroatoms. The second-order valence-corrected chi connectivity index (χ2v) is 5.09. The lowest BCUT2D eigenvalue weighted by molar-refractivity contribution is -0.778. The molecule has 0 aromatic carbocycles. The Hall–Kier alpha value is -2.76. The second-order valence-electron chi connectivity index (χ2n) is 5.09. The average molecular weight is 330 g/mol. The van der Waals surface area contributed by atoms with Crippen LogP contribution in [0.5, 0.6) is 0 Å². The highest BCUT2D eigenvalue weighted by molar-refractivity contribution is 5.89. The van der Waals surface area contributed by atoms with Crippen molar-refractivity contribution in [3.63, 3.8) is 0 Å². The summed E-state index contributed by atoms with van der Waals surface area (Å²) in [5, 5.41) is 0. The van der Waals surface area contributed by atoms with Crippen molar-refractivity contribution in [1.82, 2.24) is 0 Å². The standard InChI is InChI=1S/C18H22N2O4/c1-3-23-17(21)15-5-9-19(10-6-15)13-14-20-11-7-16(8-12-20)18(22)24-4-2/h5-12H,3-4,13-14H2,1-2H3/q+2. The normalized spacial score (nSPS) is 10.2. The Labute approximate surface area is 141 Å². The van der Waals surface area contributed by atoms with Gasteiger partial charge in [-0.05, 0) is 13.8 Å². The molecule has 0 aliphatic rings. The Balaban J connectivity index is 1.91. The van der Waals surface area contributed by atoms with Gasteiger partial charge in [0.1, 0.15) is 0 Å². The first kappa shape index (κ1) is 17.6. The minimum absolute atomic E-state index is 0.312. The molecule has 0 unspecified atom stereocenters. The Morgan fingerprint density at radius 2 is 1.08 bits per heavy atom. The minimum atomic E-state index is -0.312. The molecule has 0 amide bonds. The summed E-state index contributed by atoms with van der Waals surface area (Å²) in [4.78, 5) is 23.2. The summed E-state index contributed by atoms with van der Waals surface area (Å²) < 4.78 is 13.9. The summed E-state index contributed by atoms with van der Waals surface area (Å²) >= 11 is 0. The van der Waals surface area contributed by atoms with E-state index in [0.717, 1.165) is 13.1 Å². The molecule has 6 nitrogen and oxygen atoms in total. The maximum atomic E-state index is 11.6. The molecule has 0 atom stereocenters. The fourth-order valence-corrected chi connectivity index (χ4v) is 2.14. The van der Waals surface area contributed by atoms with E-state index in [1.165, 1.54) is 0 Å². The van der Waals surface area contributed by atoms with Gasteiger partial charge >= 0.3 is 11.9 Å². The van der Waals surface area contributed by atoms with Crippen LogP contribution in [0.25, 0.3) is 0 Å². The van der Waals surface area contributed by atoms with E-state index in [1.54, 1.807) is 38.1 Å². The summed E-state index contributed by atoms with van der Waals surface area (Å²) in [6, 6.07) is 6.97. The molecular formula is C18H22N2O4+2. The molecule has 126 valence electrons. The molecule has 0 aliphatic carbocycles. The maximum absolute atomic E-state index is 11.6. The Bertz CT molecular complexity index is 620. The zero-order valence-electron chi connectivity index (χ0n) is 14.0. The topological polar surface area (TPSA) is 60.4 Å². The van der Waals surface area contributed by atoms with Gasteiger partial charge in [-0.15, -0.1) is 0 Å². The number of esters is 2. The monoisotopic (exact) mass is 330 g/mol. The lowest BCUT2D eigenvalue weighted by Gasteiger charge is -2.01. The van der Waals surface area contributed by atoms with Crippen LogP contribution in [0.1, 0.15) is 34.6 Å². The average Bonchev–Trinajstić information content (AvgIpc) is 2.61. The Morgan fingerprint density at radius 3 is 1.38 bits per heavy atom.